The lowest BCUT2D eigenvalue weighted by atomic mass is 10.0. The summed E-state index contributed by atoms with van der Waals surface area (Å²) in [6.07, 6.45) is -3.29. The Morgan fingerprint density at radius 3 is 2.60 bits per heavy atom. The van der Waals surface area contributed by atoms with Crippen LogP contribution in [0.2, 0.25) is 0 Å². The predicted molar refractivity (Wildman–Crippen MR) is 68.7 cm³/mol. The van der Waals surface area contributed by atoms with Crippen molar-refractivity contribution in [1.29, 1.82) is 0 Å². The van der Waals surface area contributed by atoms with Gasteiger partial charge in [-0.15, -0.1) is 13.2 Å². The van der Waals surface area contributed by atoms with Crippen LogP contribution >= 0.6 is 15.9 Å². The summed E-state index contributed by atoms with van der Waals surface area (Å²) in [7, 11) is 0. The molecule has 0 saturated heterocycles. The number of hydrazine groups is 1. The number of hydrogen-bond donors (Lipinski definition) is 2. The summed E-state index contributed by atoms with van der Waals surface area (Å²) in [6.45, 7) is 0. The van der Waals surface area contributed by atoms with Crippen molar-refractivity contribution >= 4 is 15.9 Å². The molecule has 1 aromatic heterocycles. The van der Waals surface area contributed by atoms with Crippen LogP contribution in [0.25, 0.3) is 0 Å². The van der Waals surface area contributed by atoms with E-state index in [1.54, 1.807) is 12.1 Å². The smallest absolute Gasteiger partial charge is 0.457 e. The molecule has 108 valence electrons. The van der Waals surface area contributed by atoms with Gasteiger partial charge < -0.3 is 9.15 Å². The Bertz CT molecular complexity index is 586. The molecule has 0 spiro atoms. The zero-order chi connectivity index (χ0) is 14.8. The maximum atomic E-state index is 12.2. The monoisotopic (exact) mass is 350 g/mol. The zero-order valence-corrected chi connectivity index (χ0v) is 11.5. The topological polar surface area (TPSA) is 60.4 Å². The molecular formula is C12H10BrF3N2O2. The highest BCUT2D eigenvalue weighted by atomic mass is 79.9. The molecular weight excluding hydrogens is 341 g/mol. The largest absolute Gasteiger partial charge is 0.573 e. The quantitative estimate of drug-likeness (QED) is 0.654. The average Bonchev–Trinajstić information content (AvgIpc) is 2.75. The van der Waals surface area contributed by atoms with Crippen LogP contribution in [-0.2, 0) is 0 Å². The number of nitrogens with one attached hydrogen (secondary N) is 1. The normalized spacial score (nSPS) is 13.2. The van der Waals surface area contributed by atoms with Gasteiger partial charge in [-0.2, -0.15) is 0 Å². The fourth-order valence-corrected chi connectivity index (χ4v) is 2.24. The van der Waals surface area contributed by atoms with Gasteiger partial charge in [0.05, 0.1) is 12.3 Å². The third kappa shape index (κ3) is 3.53. The number of halogens is 4. The van der Waals surface area contributed by atoms with Crippen molar-refractivity contribution < 1.29 is 22.3 Å². The molecule has 0 aliphatic carbocycles. The molecule has 4 nitrogen and oxygen atoms in total. The van der Waals surface area contributed by atoms with Gasteiger partial charge in [-0.25, -0.2) is 5.43 Å². The lowest BCUT2D eigenvalue weighted by molar-refractivity contribution is -0.274. The summed E-state index contributed by atoms with van der Waals surface area (Å²) in [6, 6.07) is 6.69. The summed E-state index contributed by atoms with van der Waals surface area (Å²) < 4.78 is 46.0. The van der Waals surface area contributed by atoms with Crippen LogP contribution in [0.1, 0.15) is 17.2 Å². The van der Waals surface area contributed by atoms with Crippen molar-refractivity contribution in [3.63, 3.8) is 0 Å². The van der Waals surface area contributed by atoms with Gasteiger partial charge in [0.15, 0.2) is 4.67 Å². The number of alkyl halides is 3. The minimum atomic E-state index is -4.74. The molecule has 2 rings (SSSR count). The highest BCUT2D eigenvalue weighted by molar-refractivity contribution is 9.10. The van der Waals surface area contributed by atoms with Crippen molar-refractivity contribution in [2.75, 3.05) is 0 Å². The molecule has 1 unspecified atom stereocenters. The van der Waals surface area contributed by atoms with Gasteiger partial charge in [0, 0.05) is 5.56 Å². The second kappa shape index (κ2) is 5.86. The Morgan fingerprint density at radius 2 is 2.05 bits per heavy atom. The van der Waals surface area contributed by atoms with E-state index in [1.165, 1.54) is 24.5 Å². The number of furan rings is 1. The molecule has 0 bridgehead atoms. The van der Waals surface area contributed by atoms with E-state index in [0.717, 1.165) is 0 Å². The minimum Gasteiger partial charge on any atom is -0.457 e. The molecule has 1 heterocycles. The second-order valence-corrected chi connectivity index (χ2v) is 4.59. The maximum absolute atomic E-state index is 12.2. The molecule has 8 heteroatoms. The van der Waals surface area contributed by atoms with Gasteiger partial charge in [-0.05, 0) is 39.7 Å². The molecule has 0 saturated carbocycles. The van der Waals surface area contributed by atoms with E-state index in [-0.39, 0.29) is 5.75 Å². The van der Waals surface area contributed by atoms with Gasteiger partial charge in [-0.3, -0.25) is 5.84 Å². The Morgan fingerprint density at radius 1 is 1.30 bits per heavy atom. The minimum absolute atomic E-state index is 0.310. The van der Waals surface area contributed by atoms with Crippen LogP contribution in [0, 0.1) is 0 Å². The Hall–Kier alpha value is -1.51. The van der Waals surface area contributed by atoms with E-state index in [9.17, 15) is 13.2 Å². The molecule has 1 aromatic carbocycles. The standard InChI is InChI=1S/C12H10BrF3N2O2/c13-11-9(4-5-19-11)10(18-17)7-2-1-3-8(6-7)20-12(14,15)16/h1-6,10,18H,17H2. The highest BCUT2D eigenvalue weighted by Crippen LogP contribution is 2.31. The number of ether oxygens (including phenoxy) is 1. The second-order valence-electron chi connectivity index (χ2n) is 3.87. The van der Waals surface area contributed by atoms with E-state index in [0.29, 0.717) is 15.8 Å². The van der Waals surface area contributed by atoms with Crippen LogP contribution in [0.3, 0.4) is 0 Å². The van der Waals surface area contributed by atoms with E-state index in [1.807, 2.05) is 0 Å². The first-order valence-electron chi connectivity index (χ1n) is 5.45. The molecule has 0 radical (unpaired) electrons. The van der Waals surface area contributed by atoms with Crippen molar-refractivity contribution in [3.8, 4) is 5.75 Å². The van der Waals surface area contributed by atoms with E-state index < -0.39 is 12.4 Å². The maximum Gasteiger partial charge on any atom is 0.573 e. The van der Waals surface area contributed by atoms with Gasteiger partial charge >= 0.3 is 6.36 Å². The highest BCUT2D eigenvalue weighted by Gasteiger charge is 2.31. The van der Waals surface area contributed by atoms with Crippen molar-refractivity contribution in [2.45, 2.75) is 12.4 Å². The van der Waals surface area contributed by atoms with Gasteiger partial charge in [0.1, 0.15) is 5.75 Å². The first-order valence-corrected chi connectivity index (χ1v) is 6.25. The molecule has 0 fully saturated rings. The summed E-state index contributed by atoms with van der Waals surface area (Å²) in [5.74, 6) is 5.16. The van der Waals surface area contributed by atoms with E-state index in [2.05, 4.69) is 26.1 Å². The fourth-order valence-electron chi connectivity index (χ4n) is 1.77. The third-order valence-electron chi connectivity index (χ3n) is 2.55. The fraction of sp³-hybridized carbons (Fsp3) is 0.167. The molecule has 20 heavy (non-hydrogen) atoms. The summed E-state index contributed by atoms with van der Waals surface area (Å²) in [5.41, 5.74) is 3.70. The summed E-state index contributed by atoms with van der Waals surface area (Å²) in [4.78, 5) is 0. The van der Waals surface area contributed by atoms with E-state index in [4.69, 9.17) is 10.3 Å². The van der Waals surface area contributed by atoms with Crippen LogP contribution in [0.15, 0.2) is 45.7 Å². The predicted octanol–water partition coefficient (Wildman–Crippen LogP) is 3.49. The Kier molecular flexibility index (Phi) is 4.36. The number of nitrogens with two attached hydrogens (primary N) is 1. The number of benzene rings is 1. The molecule has 1 atom stereocenters. The van der Waals surface area contributed by atoms with Crippen LogP contribution in [-0.4, -0.2) is 6.36 Å². The lowest BCUT2D eigenvalue weighted by Gasteiger charge is -2.17. The van der Waals surface area contributed by atoms with Gasteiger partial charge in [0.25, 0.3) is 0 Å². The number of rotatable bonds is 4. The lowest BCUT2D eigenvalue weighted by Crippen LogP contribution is -2.28. The van der Waals surface area contributed by atoms with Crippen LogP contribution in [0.5, 0.6) is 5.75 Å². The molecule has 3 N–H and O–H groups in total. The van der Waals surface area contributed by atoms with Gasteiger partial charge in [0.2, 0.25) is 0 Å². The SMILES string of the molecule is NNC(c1cccc(OC(F)(F)F)c1)c1ccoc1Br. The van der Waals surface area contributed by atoms with Crippen LogP contribution in [0.4, 0.5) is 13.2 Å². The third-order valence-corrected chi connectivity index (χ3v) is 3.19. The van der Waals surface area contributed by atoms with Crippen molar-refractivity contribution in [3.05, 3.63) is 52.4 Å². The molecule has 0 aliphatic rings. The molecule has 0 amide bonds. The number of hydrogen-bond acceptors (Lipinski definition) is 4. The molecule has 0 aliphatic heterocycles. The average molecular weight is 351 g/mol. The zero-order valence-electron chi connectivity index (χ0n) is 9.95. The summed E-state index contributed by atoms with van der Waals surface area (Å²) in [5, 5.41) is 0. The first-order chi connectivity index (χ1) is 9.40. The van der Waals surface area contributed by atoms with Crippen LogP contribution < -0.4 is 16.0 Å². The van der Waals surface area contributed by atoms with Crippen molar-refractivity contribution in [2.24, 2.45) is 5.84 Å². The van der Waals surface area contributed by atoms with E-state index >= 15 is 0 Å². The first kappa shape index (κ1) is 14.9. The molecule has 2 aromatic rings. The van der Waals surface area contributed by atoms with Crippen molar-refractivity contribution in [1.82, 2.24) is 5.43 Å². The Balaban J connectivity index is 2.32. The van der Waals surface area contributed by atoms with Gasteiger partial charge in [-0.1, -0.05) is 12.1 Å². The Labute approximate surface area is 120 Å². The summed E-state index contributed by atoms with van der Waals surface area (Å²) >= 11 is 3.20.